The Morgan fingerprint density at radius 1 is 0.302 bits per heavy atom. The zero-order valence-electron chi connectivity index (χ0n) is 33.9. The SMILES string of the molecule is c1ccc(-c2nc(-c3ccccc3)nc(-c3cccc4oc5cc(-c6ccc7c(c6)c6ccccc6n7-c6ccc7c(c6)c6ccccc6n7-c6ccccc6)ccc5c34)n2)cc1. The maximum atomic E-state index is 6.64. The summed E-state index contributed by atoms with van der Waals surface area (Å²) in [5.74, 6) is 1.85. The summed E-state index contributed by atoms with van der Waals surface area (Å²) in [7, 11) is 0. The lowest BCUT2D eigenvalue weighted by Gasteiger charge is -2.10. The van der Waals surface area contributed by atoms with E-state index in [0.717, 1.165) is 66.6 Å². The van der Waals surface area contributed by atoms with Gasteiger partial charge in [-0.1, -0.05) is 140 Å². The van der Waals surface area contributed by atoms with Crippen LogP contribution >= 0.6 is 0 Å². The molecule has 6 heteroatoms. The van der Waals surface area contributed by atoms with E-state index in [1.165, 1.54) is 38.1 Å². The zero-order chi connectivity index (χ0) is 41.4. The summed E-state index contributed by atoms with van der Waals surface area (Å²) >= 11 is 0. The summed E-state index contributed by atoms with van der Waals surface area (Å²) in [4.78, 5) is 15.0. The lowest BCUT2D eigenvalue weighted by atomic mass is 10.00. The van der Waals surface area contributed by atoms with E-state index in [2.05, 4.69) is 149 Å². The van der Waals surface area contributed by atoms with Crippen LogP contribution in [-0.4, -0.2) is 24.1 Å². The molecule has 4 heterocycles. The number of nitrogens with zero attached hydrogens (tertiary/aromatic N) is 5. The molecule has 0 saturated heterocycles. The van der Waals surface area contributed by atoms with Crippen LogP contribution in [0.4, 0.5) is 0 Å². The maximum absolute atomic E-state index is 6.64. The first-order valence-corrected chi connectivity index (χ1v) is 21.2. The fourth-order valence-electron chi connectivity index (χ4n) is 9.51. The normalized spacial score (nSPS) is 11.8. The van der Waals surface area contributed by atoms with Gasteiger partial charge in [0.25, 0.3) is 0 Å². The highest BCUT2D eigenvalue weighted by Gasteiger charge is 2.20. The lowest BCUT2D eigenvalue weighted by Crippen LogP contribution is -2.00. The van der Waals surface area contributed by atoms with E-state index in [4.69, 9.17) is 19.4 Å². The number of rotatable bonds is 6. The van der Waals surface area contributed by atoms with Gasteiger partial charge in [0.1, 0.15) is 11.2 Å². The van der Waals surface area contributed by atoms with Crippen molar-refractivity contribution in [3.8, 4) is 56.7 Å². The second-order valence-corrected chi connectivity index (χ2v) is 16.0. The van der Waals surface area contributed by atoms with E-state index in [0.29, 0.717) is 17.5 Å². The summed E-state index contributed by atoms with van der Waals surface area (Å²) in [6.45, 7) is 0. The third-order valence-corrected chi connectivity index (χ3v) is 12.4. The lowest BCUT2D eigenvalue weighted by molar-refractivity contribution is 0.669. The Kier molecular flexibility index (Phi) is 7.80. The van der Waals surface area contributed by atoms with Crippen molar-refractivity contribution in [3.63, 3.8) is 0 Å². The molecule has 6 nitrogen and oxygen atoms in total. The molecule has 0 bridgehead atoms. The van der Waals surface area contributed by atoms with Gasteiger partial charge in [0.2, 0.25) is 0 Å². The van der Waals surface area contributed by atoms with E-state index >= 15 is 0 Å². The van der Waals surface area contributed by atoms with E-state index in [1.807, 2.05) is 72.8 Å². The molecule has 0 unspecified atom stereocenters. The number of furan rings is 1. The highest BCUT2D eigenvalue weighted by molar-refractivity contribution is 6.14. The molecule has 0 aliphatic rings. The van der Waals surface area contributed by atoms with E-state index in [9.17, 15) is 0 Å². The molecule has 0 aliphatic heterocycles. The van der Waals surface area contributed by atoms with Crippen LogP contribution in [-0.2, 0) is 0 Å². The molecule has 0 atom stereocenters. The van der Waals surface area contributed by atoms with Crippen molar-refractivity contribution in [2.75, 3.05) is 0 Å². The summed E-state index contributed by atoms with van der Waals surface area (Å²) in [6.07, 6.45) is 0. The summed E-state index contributed by atoms with van der Waals surface area (Å²) in [5.41, 5.74) is 13.5. The van der Waals surface area contributed by atoms with Gasteiger partial charge in [-0.2, -0.15) is 0 Å². The Labute approximate surface area is 361 Å². The van der Waals surface area contributed by atoms with Crippen molar-refractivity contribution >= 4 is 65.6 Å². The molecule has 0 N–H and O–H groups in total. The average molecular weight is 806 g/mol. The molecule has 9 aromatic carbocycles. The average Bonchev–Trinajstić information content (AvgIpc) is 4.01. The predicted molar refractivity (Wildman–Crippen MR) is 258 cm³/mol. The first-order valence-electron chi connectivity index (χ1n) is 21.2. The fourth-order valence-corrected chi connectivity index (χ4v) is 9.51. The van der Waals surface area contributed by atoms with E-state index in [1.54, 1.807) is 0 Å². The van der Waals surface area contributed by atoms with E-state index in [-0.39, 0.29) is 0 Å². The van der Waals surface area contributed by atoms with Crippen molar-refractivity contribution in [1.82, 2.24) is 24.1 Å². The molecular formula is C57H35N5O. The highest BCUT2D eigenvalue weighted by atomic mass is 16.3. The Balaban J connectivity index is 0.934. The number of aromatic nitrogens is 5. The Bertz CT molecular complexity index is 3850. The minimum absolute atomic E-state index is 0.600. The Hall–Kier alpha value is -8.61. The second kappa shape index (κ2) is 14.0. The largest absolute Gasteiger partial charge is 0.456 e. The van der Waals surface area contributed by atoms with Crippen LogP contribution < -0.4 is 0 Å². The van der Waals surface area contributed by atoms with Gasteiger partial charge in [-0.3, -0.25) is 0 Å². The molecule has 0 amide bonds. The molecule has 63 heavy (non-hydrogen) atoms. The number of fused-ring (bicyclic) bond motifs is 9. The minimum Gasteiger partial charge on any atom is -0.456 e. The Morgan fingerprint density at radius 2 is 0.825 bits per heavy atom. The summed E-state index contributed by atoms with van der Waals surface area (Å²) in [5, 5.41) is 6.84. The molecule has 0 fully saturated rings. The van der Waals surface area contributed by atoms with Gasteiger partial charge in [-0.05, 0) is 83.9 Å². The quantitative estimate of drug-likeness (QED) is 0.168. The fraction of sp³-hybridized carbons (Fsp3) is 0. The van der Waals surface area contributed by atoms with Crippen LogP contribution in [0.2, 0.25) is 0 Å². The number of hydrogen-bond acceptors (Lipinski definition) is 4. The van der Waals surface area contributed by atoms with E-state index < -0.39 is 0 Å². The number of hydrogen-bond donors (Lipinski definition) is 0. The van der Waals surface area contributed by atoms with Crippen molar-refractivity contribution in [3.05, 3.63) is 212 Å². The molecule has 0 spiro atoms. The van der Waals surface area contributed by atoms with Crippen LogP contribution in [0.25, 0.3) is 122 Å². The third-order valence-electron chi connectivity index (χ3n) is 12.4. The van der Waals surface area contributed by atoms with Gasteiger partial charge in [0, 0.05) is 60.4 Å². The van der Waals surface area contributed by atoms with Crippen LogP contribution in [0, 0.1) is 0 Å². The van der Waals surface area contributed by atoms with Crippen LogP contribution in [0.5, 0.6) is 0 Å². The minimum atomic E-state index is 0.600. The number of benzene rings is 9. The van der Waals surface area contributed by atoms with Gasteiger partial charge < -0.3 is 13.6 Å². The van der Waals surface area contributed by atoms with Gasteiger partial charge in [0.15, 0.2) is 17.5 Å². The molecular weight excluding hydrogens is 771 g/mol. The maximum Gasteiger partial charge on any atom is 0.164 e. The monoisotopic (exact) mass is 805 g/mol. The van der Waals surface area contributed by atoms with Crippen molar-refractivity contribution < 1.29 is 4.42 Å². The molecule has 13 aromatic rings. The molecule has 0 saturated carbocycles. The van der Waals surface area contributed by atoms with Crippen LogP contribution in [0.15, 0.2) is 217 Å². The van der Waals surface area contributed by atoms with Gasteiger partial charge >= 0.3 is 0 Å². The van der Waals surface area contributed by atoms with Crippen LogP contribution in [0.1, 0.15) is 0 Å². The zero-order valence-corrected chi connectivity index (χ0v) is 33.9. The molecule has 13 rings (SSSR count). The first kappa shape index (κ1) is 35.2. The first-order chi connectivity index (χ1) is 31.2. The smallest absolute Gasteiger partial charge is 0.164 e. The van der Waals surface area contributed by atoms with Crippen molar-refractivity contribution in [2.24, 2.45) is 0 Å². The molecule has 294 valence electrons. The third kappa shape index (κ3) is 5.62. The van der Waals surface area contributed by atoms with Crippen molar-refractivity contribution in [1.29, 1.82) is 0 Å². The van der Waals surface area contributed by atoms with Crippen LogP contribution in [0.3, 0.4) is 0 Å². The molecule has 0 aliphatic carbocycles. The summed E-state index contributed by atoms with van der Waals surface area (Å²) < 4.78 is 11.4. The number of para-hydroxylation sites is 3. The standard InChI is InChI=1S/C57H35N5O/c1-4-15-36(16-5-1)55-58-56(37-17-6-2-7-18-37)60-57(59-55)45-23-14-26-52-54(45)44-30-27-39(34-53(44)63-52)38-28-31-50-46(33-38)42-21-10-13-25-49(42)62(50)41-29-32-51-47(35-41)43-22-11-12-24-48(43)61(51)40-19-8-3-9-20-40/h1-35H. The molecule has 4 aromatic heterocycles. The van der Waals surface area contributed by atoms with Gasteiger partial charge in [-0.15, -0.1) is 0 Å². The van der Waals surface area contributed by atoms with Gasteiger partial charge in [-0.25, -0.2) is 15.0 Å². The predicted octanol–water partition coefficient (Wildman–Crippen LogP) is 14.6. The summed E-state index contributed by atoms with van der Waals surface area (Å²) in [6, 6.07) is 74.5. The second-order valence-electron chi connectivity index (χ2n) is 16.0. The topological polar surface area (TPSA) is 61.7 Å². The van der Waals surface area contributed by atoms with Crippen molar-refractivity contribution in [2.45, 2.75) is 0 Å². The highest BCUT2D eigenvalue weighted by Crippen LogP contribution is 2.41. The Morgan fingerprint density at radius 3 is 1.51 bits per heavy atom. The van der Waals surface area contributed by atoms with Gasteiger partial charge in [0.05, 0.1) is 22.1 Å². The molecule has 0 radical (unpaired) electrons.